The van der Waals surface area contributed by atoms with Crippen molar-refractivity contribution in [3.8, 4) is 11.4 Å². The van der Waals surface area contributed by atoms with Crippen molar-refractivity contribution in [2.24, 2.45) is 0 Å². The molecule has 1 N–H and O–H groups in total. The van der Waals surface area contributed by atoms with Crippen molar-refractivity contribution < 1.29 is 9.21 Å². The van der Waals surface area contributed by atoms with Gasteiger partial charge >= 0.3 is 0 Å². The molecule has 0 bridgehead atoms. The molecule has 152 valence electrons. The number of hydrogen-bond acceptors (Lipinski definition) is 6. The van der Waals surface area contributed by atoms with E-state index >= 15 is 0 Å². The van der Waals surface area contributed by atoms with Crippen molar-refractivity contribution >= 4 is 23.4 Å². The topological polar surface area (TPSA) is 85.8 Å². The van der Waals surface area contributed by atoms with Gasteiger partial charge in [0.15, 0.2) is 11.0 Å². The lowest BCUT2D eigenvalue weighted by atomic mass is 10.1. The van der Waals surface area contributed by atoms with Crippen LogP contribution in [0.2, 0.25) is 0 Å². The lowest BCUT2D eigenvalue weighted by Crippen LogP contribution is -2.16. The van der Waals surface area contributed by atoms with Crippen LogP contribution in [-0.4, -0.2) is 31.4 Å². The van der Waals surface area contributed by atoms with Gasteiger partial charge in [-0.2, -0.15) is 0 Å². The summed E-state index contributed by atoms with van der Waals surface area (Å²) in [7, 11) is 0. The normalized spacial score (nSPS) is 10.8. The highest BCUT2D eigenvalue weighted by Crippen LogP contribution is 2.25. The molecule has 4 aromatic rings. The minimum Gasteiger partial charge on any atom is -0.467 e. The second kappa shape index (κ2) is 9.41. The lowest BCUT2D eigenvalue weighted by Gasteiger charge is -2.10. The lowest BCUT2D eigenvalue weighted by molar-refractivity contribution is -0.113. The smallest absolute Gasteiger partial charge is 0.234 e. The molecule has 1 amide bonds. The number of hydrogen-bond donors (Lipinski definition) is 1. The molecule has 0 unspecified atom stereocenters. The van der Waals surface area contributed by atoms with Crippen LogP contribution in [0.4, 0.5) is 5.69 Å². The number of carbonyl (C=O) groups excluding carboxylic acids is 1. The summed E-state index contributed by atoms with van der Waals surface area (Å²) in [6, 6.07) is 15.3. The van der Waals surface area contributed by atoms with Gasteiger partial charge in [-0.15, -0.1) is 10.2 Å². The zero-order valence-electron chi connectivity index (χ0n) is 16.5. The van der Waals surface area contributed by atoms with Crippen molar-refractivity contribution in [1.29, 1.82) is 0 Å². The van der Waals surface area contributed by atoms with Crippen LogP contribution >= 0.6 is 11.8 Å². The van der Waals surface area contributed by atoms with E-state index in [4.69, 9.17) is 4.42 Å². The summed E-state index contributed by atoms with van der Waals surface area (Å²) in [6.07, 6.45) is 5.92. The van der Waals surface area contributed by atoms with Crippen LogP contribution in [0, 0.1) is 0 Å². The average Bonchev–Trinajstić information content (AvgIpc) is 3.44. The number of amides is 1. The molecule has 0 aliphatic heterocycles. The molecular formula is C22H21N5O2S. The van der Waals surface area contributed by atoms with Gasteiger partial charge in [0, 0.05) is 23.6 Å². The number of rotatable bonds is 8. The Hall–Kier alpha value is -3.39. The van der Waals surface area contributed by atoms with E-state index in [0.29, 0.717) is 17.5 Å². The third kappa shape index (κ3) is 4.60. The fraction of sp³-hybridized carbons (Fsp3) is 0.182. The quantitative estimate of drug-likeness (QED) is 0.429. The summed E-state index contributed by atoms with van der Waals surface area (Å²) < 4.78 is 7.46. The first kappa shape index (κ1) is 19.9. The number of anilines is 1. The number of aryl methyl sites for hydroxylation is 1. The van der Waals surface area contributed by atoms with Crippen LogP contribution in [0.25, 0.3) is 11.4 Å². The van der Waals surface area contributed by atoms with E-state index in [9.17, 15) is 4.79 Å². The third-order valence-electron chi connectivity index (χ3n) is 4.55. The van der Waals surface area contributed by atoms with Crippen LogP contribution in [0.5, 0.6) is 0 Å². The predicted molar refractivity (Wildman–Crippen MR) is 116 cm³/mol. The fourth-order valence-corrected chi connectivity index (χ4v) is 3.82. The molecular weight excluding hydrogens is 398 g/mol. The summed E-state index contributed by atoms with van der Waals surface area (Å²) in [5.41, 5.74) is 2.86. The standard InChI is InChI=1S/C22H21N5O2S/c1-2-16-6-3-4-8-19(16)24-20(28)15-30-22-26-25-21(17-9-11-23-12-10-17)27(22)14-18-7-5-13-29-18/h3-13H,2,14-15H2,1H3,(H,24,28). The molecule has 4 rings (SSSR count). The summed E-state index contributed by atoms with van der Waals surface area (Å²) in [5, 5.41) is 12.3. The fourth-order valence-electron chi connectivity index (χ4n) is 3.08. The second-order valence-corrected chi connectivity index (χ2v) is 7.50. The van der Waals surface area contributed by atoms with Crippen LogP contribution in [-0.2, 0) is 17.8 Å². The molecule has 3 heterocycles. The van der Waals surface area contributed by atoms with Crippen molar-refractivity contribution in [2.45, 2.75) is 25.0 Å². The van der Waals surface area contributed by atoms with E-state index < -0.39 is 0 Å². The van der Waals surface area contributed by atoms with Gasteiger partial charge in [-0.3, -0.25) is 14.3 Å². The van der Waals surface area contributed by atoms with Gasteiger partial charge in [-0.1, -0.05) is 36.9 Å². The molecule has 0 radical (unpaired) electrons. The molecule has 7 nitrogen and oxygen atoms in total. The maximum atomic E-state index is 12.5. The molecule has 0 spiro atoms. The molecule has 0 fully saturated rings. The first-order chi connectivity index (χ1) is 14.7. The van der Waals surface area contributed by atoms with E-state index in [1.54, 1.807) is 18.7 Å². The van der Waals surface area contributed by atoms with E-state index in [2.05, 4.69) is 27.4 Å². The first-order valence-corrected chi connectivity index (χ1v) is 10.6. The Morgan fingerprint density at radius 2 is 1.93 bits per heavy atom. The molecule has 0 saturated carbocycles. The zero-order chi connectivity index (χ0) is 20.8. The summed E-state index contributed by atoms with van der Waals surface area (Å²) >= 11 is 1.35. The molecule has 0 atom stereocenters. The van der Waals surface area contributed by atoms with Crippen molar-refractivity contribution in [1.82, 2.24) is 19.7 Å². The largest absolute Gasteiger partial charge is 0.467 e. The number of furan rings is 1. The number of benzene rings is 1. The van der Waals surface area contributed by atoms with E-state index in [1.807, 2.05) is 53.1 Å². The number of nitrogens with zero attached hydrogens (tertiary/aromatic N) is 4. The van der Waals surface area contributed by atoms with Crippen LogP contribution in [0.3, 0.4) is 0 Å². The van der Waals surface area contributed by atoms with Gasteiger partial charge in [0.25, 0.3) is 0 Å². The van der Waals surface area contributed by atoms with Crippen LogP contribution in [0.15, 0.2) is 76.8 Å². The first-order valence-electron chi connectivity index (χ1n) is 9.61. The van der Waals surface area contributed by atoms with E-state index in [1.165, 1.54) is 11.8 Å². The molecule has 3 aromatic heterocycles. The van der Waals surface area contributed by atoms with Gasteiger partial charge in [0.2, 0.25) is 5.91 Å². The zero-order valence-corrected chi connectivity index (χ0v) is 17.3. The van der Waals surface area contributed by atoms with Crippen molar-refractivity contribution in [3.05, 3.63) is 78.5 Å². The number of carbonyl (C=O) groups is 1. The highest BCUT2D eigenvalue weighted by Gasteiger charge is 2.17. The van der Waals surface area contributed by atoms with E-state index in [-0.39, 0.29) is 11.7 Å². The molecule has 0 aliphatic carbocycles. The van der Waals surface area contributed by atoms with Gasteiger partial charge in [0.1, 0.15) is 5.76 Å². The van der Waals surface area contributed by atoms with Gasteiger partial charge < -0.3 is 9.73 Å². The Labute approximate surface area is 178 Å². The number of nitrogens with one attached hydrogen (secondary N) is 1. The third-order valence-corrected chi connectivity index (χ3v) is 5.52. The SMILES string of the molecule is CCc1ccccc1NC(=O)CSc1nnc(-c2ccncc2)n1Cc1ccco1. The van der Waals surface area contributed by atoms with Crippen molar-refractivity contribution in [3.63, 3.8) is 0 Å². The number of para-hydroxylation sites is 1. The monoisotopic (exact) mass is 419 g/mol. The predicted octanol–water partition coefficient (Wildman–Crippen LogP) is 4.27. The Kier molecular flexibility index (Phi) is 6.24. The molecule has 1 aromatic carbocycles. The summed E-state index contributed by atoms with van der Waals surface area (Å²) in [5.74, 6) is 1.63. The number of aromatic nitrogens is 4. The average molecular weight is 420 g/mol. The number of pyridine rings is 1. The van der Waals surface area contributed by atoms with E-state index in [0.717, 1.165) is 29.0 Å². The molecule has 0 saturated heterocycles. The van der Waals surface area contributed by atoms with Gasteiger partial charge in [-0.05, 0) is 42.3 Å². The highest BCUT2D eigenvalue weighted by atomic mass is 32.2. The molecule has 8 heteroatoms. The minimum atomic E-state index is -0.0843. The van der Waals surface area contributed by atoms with Gasteiger partial charge in [0.05, 0.1) is 18.6 Å². The summed E-state index contributed by atoms with van der Waals surface area (Å²) in [4.78, 5) is 16.6. The number of thioether (sulfide) groups is 1. The Bertz CT molecular complexity index is 1110. The van der Waals surface area contributed by atoms with Gasteiger partial charge in [-0.25, -0.2) is 0 Å². The minimum absolute atomic E-state index is 0.0843. The highest BCUT2D eigenvalue weighted by molar-refractivity contribution is 7.99. The van der Waals surface area contributed by atoms with Crippen LogP contribution in [0.1, 0.15) is 18.2 Å². The molecule has 0 aliphatic rings. The Morgan fingerprint density at radius 1 is 1.10 bits per heavy atom. The maximum Gasteiger partial charge on any atom is 0.234 e. The molecule has 30 heavy (non-hydrogen) atoms. The van der Waals surface area contributed by atoms with Crippen molar-refractivity contribution in [2.75, 3.05) is 11.1 Å². The van der Waals surface area contributed by atoms with Crippen LogP contribution < -0.4 is 5.32 Å². The second-order valence-electron chi connectivity index (χ2n) is 6.56. The maximum absolute atomic E-state index is 12.5. The summed E-state index contributed by atoms with van der Waals surface area (Å²) in [6.45, 7) is 2.54. The Morgan fingerprint density at radius 3 is 2.70 bits per heavy atom. The Balaban J connectivity index is 1.52.